The fourth-order valence-corrected chi connectivity index (χ4v) is 3.95. The molecule has 1 aromatic heterocycles. The van der Waals surface area contributed by atoms with E-state index in [-0.39, 0.29) is 5.91 Å². The summed E-state index contributed by atoms with van der Waals surface area (Å²) in [7, 11) is 0. The van der Waals surface area contributed by atoms with Crippen LogP contribution in [0.15, 0.2) is 30.3 Å². The number of amides is 1. The highest BCUT2D eigenvalue weighted by molar-refractivity contribution is 7.14. The molecule has 0 aliphatic carbocycles. The van der Waals surface area contributed by atoms with Crippen LogP contribution in [0.5, 0.6) is 0 Å². The topological polar surface area (TPSA) is 23.6 Å². The maximum Gasteiger partial charge on any atom is 0.264 e. The molecular weight excluding hydrogens is 316 g/mol. The van der Waals surface area contributed by atoms with Crippen molar-refractivity contribution in [1.82, 2.24) is 4.90 Å². The Hall–Kier alpha value is -1.52. The SMILES string of the molecule is Cc1cc(C(=O)N2CCN(c3ccccc3Cl)CC2)sc1C. The van der Waals surface area contributed by atoms with Crippen molar-refractivity contribution in [1.29, 1.82) is 0 Å². The Bertz CT molecular complexity index is 670. The van der Waals surface area contributed by atoms with Gasteiger partial charge in [-0.3, -0.25) is 4.79 Å². The van der Waals surface area contributed by atoms with E-state index in [9.17, 15) is 4.79 Å². The summed E-state index contributed by atoms with van der Waals surface area (Å²) >= 11 is 7.84. The number of rotatable bonds is 2. The minimum atomic E-state index is 0.153. The van der Waals surface area contributed by atoms with Gasteiger partial charge in [-0.15, -0.1) is 11.3 Å². The second-order valence-corrected chi connectivity index (χ2v) is 7.24. The summed E-state index contributed by atoms with van der Waals surface area (Å²) in [5.41, 5.74) is 2.25. The van der Waals surface area contributed by atoms with Crippen LogP contribution < -0.4 is 4.90 Å². The monoisotopic (exact) mass is 334 g/mol. The average molecular weight is 335 g/mol. The fourth-order valence-electron chi connectivity index (χ4n) is 2.69. The van der Waals surface area contributed by atoms with Crippen molar-refractivity contribution in [3.63, 3.8) is 0 Å². The minimum Gasteiger partial charge on any atom is -0.367 e. The summed E-state index contributed by atoms with van der Waals surface area (Å²) in [5.74, 6) is 0.153. The molecule has 1 aliphatic heterocycles. The second kappa shape index (κ2) is 6.31. The lowest BCUT2D eigenvalue weighted by atomic mass is 10.2. The van der Waals surface area contributed by atoms with Gasteiger partial charge in [-0.2, -0.15) is 0 Å². The third-order valence-corrected chi connectivity index (χ3v) is 5.60. The predicted molar refractivity (Wildman–Crippen MR) is 93.4 cm³/mol. The number of carbonyl (C=O) groups excluding carboxylic acids is 1. The van der Waals surface area contributed by atoms with Crippen LogP contribution in [-0.2, 0) is 0 Å². The number of para-hydroxylation sites is 1. The highest BCUT2D eigenvalue weighted by Gasteiger charge is 2.24. The first kappa shape index (κ1) is 15.4. The lowest BCUT2D eigenvalue weighted by Crippen LogP contribution is -2.48. The van der Waals surface area contributed by atoms with Crippen molar-refractivity contribution in [2.75, 3.05) is 31.1 Å². The Labute approximate surface area is 140 Å². The molecule has 0 bridgehead atoms. The number of hydrogen-bond donors (Lipinski definition) is 0. The lowest BCUT2D eigenvalue weighted by Gasteiger charge is -2.36. The van der Waals surface area contributed by atoms with Gasteiger partial charge in [0.1, 0.15) is 0 Å². The van der Waals surface area contributed by atoms with Crippen LogP contribution in [0.3, 0.4) is 0 Å². The van der Waals surface area contributed by atoms with Crippen molar-refractivity contribution in [3.8, 4) is 0 Å². The molecule has 3 nitrogen and oxygen atoms in total. The Morgan fingerprint density at radius 2 is 1.82 bits per heavy atom. The van der Waals surface area contributed by atoms with Gasteiger partial charge in [0.05, 0.1) is 15.6 Å². The Balaban J connectivity index is 1.67. The largest absolute Gasteiger partial charge is 0.367 e. The number of hydrogen-bond acceptors (Lipinski definition) is 3. The highest BCUT2D eigenvalue weighted by atomic mass is 35.5. The van der Waals surface area contributed by atoms with Crippen LogP contribution >= 0.6 is 22.9 Å². The van der Waals surface area contributed by atoms with Gasteiger partial charge in [0, 0.05) is 31.1 Å². The van der Waals surface area contributed by atoms with E-state index in [0.29, 0.717) is 0 Å². The van der Waals surface area contributed by atoms with Crippen LogP contribution in [-0.4, -0.2) is 37.0 Å². The summed E-state index contributed by atoms with van der Waals surface area (Å²) in [6, 6.07) is 9.88. The second-order valence-electron chi connectivity index (χ2n) is 5.58. The number of anilines is 1. The summed E-state index contributed by atoms with van der Waals surface area (Å²) in [6.07, 6.45) is 0. The van der Waals surface area contributed by atoms with Gasteiger partial charge >= 0.3 is 0 Å². The Morgan fingerprint density at radius 3 is 2.41 bits per heavy atom. The first-order valence-electron chi connectivity index (χ1n) is 7.42. The van der Waals surface area contributed by atoms with E-state index in [1.54, 1.807) is 11.3 Å². The molecule has 1 fully saturated rings. The quantitative estimate of drug-likeness (QED) is 0.829. The molecular formula is C17H19ClN2OS. The zero-order chi connectivity index (χ0) is 15.7. The van der Waals surface area contributed by atoms with Gasteiger partial charge in [-0.05, 0) is 37.6 Å². The van der Waals surface area contributed by atoms with Gasteiger partial charge in [-0.1, -0.05) is 23.7 Å². The van der Waals surface area contributed by atoms with Gasteiger partial charge in [0.15, 0.2) is 0 Å². The first-order valence-corrected chi connectivity index (χ1v) is 8.61. The minimum absolute atomic E-state index is 0.153. The van der Waals surface area contributed by atoms with E-state index in [1.165, 1.54) is 10.4 Å². The average Bonchev–Trinajstić information content (AvgIpc) is 2.87. The van der Waals surface area contributed by atoms with E-state index in [2.05, 4.69) is 18.7 Å². The van der Waals surface area contributed by atoms with Crippen LogP contribution in [0, 0.1) is 13.8 Å². The van der Waals surface area contributed by atoms with E-state index >= 15 is 0 Å². The van der Waals surface area contributed by atoms with Crippen molar-refractivity contribution in [2.24, 2.45) is 0 Å². The van der Waals surface area contributed by atoms with Crippen LogP contribution in [0.1, 0.15) is 20.1 Å². The summed E-state index contributed by atoms with van der Waals surface area (Å²) in [5, 5.41) is 0.770. The number of carbonyl (C=O) groups is 1. The van der Waals surface area contributed by atoms with E-state index < -0.39 is 0 Å². The standard InChI is InChI=1S/C17H19ClN2OS/c1-12-11-16(22-13(12)2)17(21)20-9-7-19(8-10-20)15-6-4-3-5-14(15)18/h3-6,11H,7-10H2,1-2H3. The molecule has 0 unspecified atom stereocenters. The third-order valence-electron chi connectivity index (χ3n) is 4.14. The summed E-state index contributed by atoms with van der Waals surface area (Å²) in [6.45, 7) is 7.22. The fraction of sp³-hybridized carbons (Fsp3) is 0.353. The molecule has 2 aromatic rings. The number of piperazine rings is 1. The molecule has 0 atom stereocenters. The maximum absolute atomic E-state index is 12.6. The molecule has 0 radical (unpaired) electrons. The Kier molecular flexibility index (Phi) is 4.41. The van der Waals surface area contributed by atoms with Gasteiger partial charge in [0.25, 0.3) is 5.91 Å². The Morgan fingerprint density at radius 1 is 1.14 bits per heavy atom. The normalized spacial score (nSPS) is 15.2. The maximum atomic E-state index is 12.6. The van der Waals surface area contributed by atoms with E-state index in [4.69, 9.17) is 11.6 Å². The van der Waals surface area contributed by atoms with Crippen molar-refractivity contribution < 1.29 is 4.79 Å². The molecule has 1 aromatic carbocycles. The van der Waals surface area contributed by atoms with Gasteiger partial charge < -0.3 is 9.80 Å². The molecule has 0 saturated carbocycles. The molecule has 22 heavy (non-hydrogen) atoms. The number of thiophene rings is 1. The molecule has 1 amide bonds. The van der Waals surface area contributed by atoms with Crippen molar-refractivity contribution in [3.05, 3.63) is 50.7 Å². The molecule has 3 rings (SSSR count). The van der Waals surface area contributed by atoms with Crippen LogP contribution in [0.25, 0.3) is 0 Å². The van der Waals surface area contributed by atoms with Crippen LogP contribution in [0.4, 0.5) is 5.69 Å². The first-order chi connectivity index (χ1) is 10.6. The van der Waals surface area contributed by atoms with Gasteiger partial charge in [0.2, 0.25) is 0 Å². The molecule has 2 heterocycles. The van der Waals surface area contributed by atoms with Crippen LogP contribution in [0.2, 0.25) is 5.02 Å². The molecule has 1 aliphatic rings. The molecule has 0 spiro atoms. The zero-order valence-electron chi connectivity index (χ0n) is 12.8. The molecule has 1 saturated heterocycles. The molecule has 5 heteroatoms. The molecule has 0 N–H and O–H groups in total. The predicted octanol–water partition coefficient (Wildman–Crippen LogP) is 3.98. The van der Waals surface area contributed by atoms with E-state index in [1.807, 2.05) is 35.2 Å². The zero-order valence-corrected chi connectivity index (χ0v) is 14.4. The summed E-state index contributed by atoms with van der Waals surface area (Å²) < 4.78 is 0. The lowest BCUT2D eigenvalue weighted by molar-refractivity contribution is 0.0751. The number of nitrogens with zero attached hydrogens (tertiary/aromatic N) is 2. The van der Waals surface area contributed by atoms with Crippen molar-refractivity contribution >= 4 is 34.5 Å². The highest BCUT2D eigenvalue weighted by Crippen LogP contribution is 2.27. The van der Waals surface area contributed by atoms with Crippen molar-refractivity contribution in [2.45, 2.75) is 13.8 Å². The summed E-state index contributed by atoms with van der Waals surface area (Å²) in [4.78, 5) is 18.8. The number of benzene rings is 1. The van der Waals surface area contributed by atoms with E-state index in [0.717, 1.165) is 41.8 Å². The third kappa shape index (κ3) is 2.99. The molecule has 116 valence electrons. The number of aryl methyl sites for hydroxylation is 2. The smallest absolute Gasteiger partial charge is 0.264 e. The van der Waals surface area contributed by atoms with Gasteiger partial charge in [-0.25, -0.2) is 0 Å². The number of halogens is 1.